The van der Waals surface area contributed by atoms with Gasteiger partial charge in [-0.3, -0.25) is 9.36 Å². The lowest BCUT2D eigenvalue weighted by molar-refractivity contribution is -0.139. The van der Waals surface area contributed by atoms with E-state index in [4.69, 9.17) is 37.1 Å². The molecular weight excluding hydrogens is 601 g/mol. The van der Waals surface area contributed by atoms with Crippen molar-refractivity contribution in [2.45, 2.75) is 26.8 Å². The molecule has 0 bridgehead atoms. The number of fused-ring (bicyclic) bond motifs is 1. The zero-order valence-corrected chi connectivity index (χ0v) is 25.1. The molecule has 2 aromatic carbocycles. The molecule has 0 saturated heterocycles. The largest absolute Gasteiger partial charge is 0.463 e. The predicted molar refractivity (Wildman–Crippen MR) is 161 cm³/mol. The van der Waals surface area contributed by atoms with Crippen LogP contribution in [0.4, 0.5) is 11.6 Å². The van der Waals surface area contributed by atoms with E-state index in [2.05, 4.69) is 10.3 Å². The number of hydrogen-bond acceptors (Lipinski definition) is 9. The second kappa shape index (κ2) is 12.4. The van der Waals surface area contributed by atoms with Gasteiger partial charge in [0.25, 0.3) is 5.56 Å². The Morgan fingerprint density at radius 2 is 1.71 bits per heavy atom. The van der Waals surface area contributed by atoms with Crippen molar-refractivity contribution >= 4 is 64.1 Å². The summed E-state index contributed by atoms with van der Waals surface area (Å²) in [6, 6.07) is 15.2. The van der Waals surface area contributed by atoms with Gasteiger partial charge < -0.3 is 19.2 Å². The highest BCUT2D eigenvalue weighted by atomic mass is 35.5. The van der Waals surface area contributed by atoms with Crippen LogP contribution in [0.5, 0.6) is 0 Å². The smallest absolute Gasteiger partial charge is 0.345 e. The van der Waals surface area contributed by atoms with Crippen molar-refractivity contribution in [3.63, 3.8) is 0 Å². The molecule has 0 radical (unpaired) electrons. The maximum atomic E-state index is 13.9. The van der Waals surface area contributed by atoms with Crippen LogP contribution in [0.2, 0.25) is 10.0 Å². The van der Waals surface area contributed by atoms with Crippen molar-refractivity contribution in [2.75, 3.05) is 18.5 Å². The highest BCUT2D eigenvalue weighted by Gasteiger charge is 2.33. The lowest BCUT2D eigenvalue weighted by Gasteiger charge is -2.24. The second-order valence-corrected chi connectivity index (χ2v) is 10.9. The first-order valence-electron chi connectivity index (χ1n) is 13.0. The maximum absolute atomic E-state index is 13.9. The van der Waals surface area contributed by atoms with Gasteiger partial charge in [0, 0.05) is 16.8 Å². The molecule has 4 aromatic rings. The predicted octanol–water partition coefficient (Wildman–Crippen LogP) is 5.62. The fourth-order valence-electron chi connectivity index (χ4n) is 4.52. The zero-order valence-electron chi connectivity index (χ0n) is 22.8. The summed E-state index contributed by atoms with van der Waals surface area (Å²) >= 11 is 13.7. The molecule has 216 valence electrons. The molecule has 3 heterocycles. The number of thiazole rings is 1. The Hall–Kier alpha value is -4.12. The topological polar surface area (TPSA) is 112 Å². The number of aromatic nitrogens is 1. The van der Waals surface area contributed by atoms with Crippen LogP contribution in [0.15, 0.2) is 80.1 Å². The van der Waals surface area contributed by atoms with Gasteiger partial charge >= 0.3 is 11.9 Å². The highest BCUT2D eigenvalue weighted by Crippen LogP contribution is 2.35. The third kappa shape index (κ3) is 5.65. The molecule has 0 aliphatic carbocycles. The Morgan fingerprint density at radius 3 is 2.38 bits per heavy atom. The van der Waals surface area contributed by atoms with Crippen molar-refractivity contribution in [2.24, 2.45) is 4.99 Å². The van der Waals surface area contributed by atoms with E-state index < -0.39 is 23.5 Å². The fraction of sp³-hybridized carbons (Fsp3) is 0.200. The Kier molecular flexibility index (Phi) is 8.67. The molecule has 1 N–H and O–H groups in total. The van der Waals surface area contributed by atoms with Gasteiger partial charge in [-0.15, -0.1) is 0 Å². The normalized spacial score (nSPS) is 14.8. The number of halogens is 2. The standard InChI is InChI=1S/C30H25Cl2N3O6S/c1-4-39-28(37)22-16(3)33-30-35(25(22)17-9-7-6-8-10-17)27(36)21(42-30)15-20-24(32)23(29(38)40-5-2)26(41-20)34-19-13-11-18(31)12-14-19/h6-15,25,34H,4-5H2,1-3H3/b21-15-/t25-/m0/s1. The fourth-order valence-corrected chi connectivity index (χ4v) is 5.92. The third-order valence-electron chi connectivity index (χ3n) is 6.35. The van der Waals surface area contributed by atoms with E-state index in [-0.39, 0.29) is 45.5 Å². The monoisotopic (exact) mass is 625 g/mol. The van der Waals surface area contributed by atoms with Crippen molar-refractivity contribution in [1.82, 2.24) is 4.57 Å². The molecule has 0 spiro atoms. The van der Waals surface area contributed by atoms with E-state index in [1.807, 2.05) is 30.3 Å². The first kappa shape index (κ1) is 29.4. The number of ether oxygens (including phenoxy) is 2. The van der Waals surface area contributed by atoms with Crippen molar-refractivity contribution in [1.29, 1.82) is 0 Å². The molecule has 1 aliphatic rings. The number of carbonyl (C=O) groups is 2. The number of allylic oxidation sites excluding steroid dienone is 1. The van der Waals surface area contributed by atoms with Gasteiger partial charge in [-0.2, -0.15) is 0 Å². The molecule has 0 unspecified atom stereocenters. The second-order valence-electron chi connectivity index (χ2n) is 9.05. The molecule has 9 nitrogen and oxygen atoms in total. The number of carbonyl (C=O) groups excluding carboxylic acids is 2. The summed E-state index contributed by atoms with van der Waals surface area (Å²) in [6.07, 6.45) is 1.45. The molecule has 2 aromatic heterocycles. The van der Waals surface area contributed by atoms with E-state index in [1.165, 1.54) is 10.6 Å². The van der Waals surface area contributed by atoms with Crippen LogP contribution >= 0.6 is 34.5 Å². The van der Waals surface area contributed by atoms with Crippen LogP contribution in [-0.4, -0.2) is 29.7 Å². The summed E-state index contributed by atoms with van der Waals surface area (Å²) in [4.78, 5) is 44.7. The van der Waals surface area contributed by atoms with Gasteiger partial charge in [0.2, 0.25) is 5.88 Å². The minimum Gasteiger partial charge on any atom is -0.463 e. The third-order valence-corrected chi connectivity index (χ3v) is 7.96. The maximum Gasteiger partial charge on any atom is 0.345 e. The number of nitrogens with zero attached hydrogens (tertiary/aromatic N) is 2. The van der Waals surface area contributed by atoms with Crippen molar-refractivity contribution < 1.29 is 23.5 Å². The van der Waals surface area contributed by atoms with Crippen LogP contribution in [0.25, 0.3) is 6.08 Å². The SMILES string of the molecule is CCOC(=O)C1=C(C)N=c2s/c(=C\c3oc(Nc4ccc(Cl)cc4)c(C(=O)OCC)c3Cl)c(=O)n2[C@H]1c1ccccc1. The Morgan fingerprint density at radius 1 is 1.05 bits per heavy atom. The highest BCUT2D eigenvalue weighted by molar-refractivity contribution is 7.07. The summed E-state index contributed by atoms with van der Waals surface area (Å²) in [5.41, 5.74) is 1.60. The van der Waals surface area contributed by atoms with Gasteiger partial charge in [-0.1, -0.05) is 64.9 Å². The number of hydrogen-bond donors (Lipinski definition) is 1. The van der Waals surface area contributed by atoms with Crippen LogP contribution in [0.1, 0.15) is 48.5 Å². The van der Waals surface area contributed by atoms with E-state index in [0.717, 1.165) is 16.9 Å². The lowest BCUT2D eigenvalue weighted by Crippen LogP contribution is -2.39. The lowest BCUT2D eigenvalue weighted by atomic mass is 9.96. The van der Waals surface area contributed by atoms with Crippen molar-refractivity contribution in [3.8, 4) is 0 Å². The summed E-state index contributed by atoms with van der Waals surface area (Å²) in [5, 5.41) is 3.54. The van der Waals surface area contributed by atoms with Gasteiger partial charge in [-0.25, -0.2) is 14.6 Å². The van der Waals surface area contributed by atoms with Crippen LogP contribution in [0, 0.1) is 0 Å². The first-order valence-corrected chi connectivity index (χ1v) is 14.6. The molecule has 0 fully saturated rings. The molecule has 1 aliphatic heterocycles. The summed E-state index contributed by atoms with van der Waals surface area (Å²) in [7, 11) is 0. The van der Waals surface area contributed by atoms with Gasteiger partial charge in [-0.05, 0) is 50.6 Å². The average Bonchev–Trinajstić information content (AvgIpc) is 3.44. The number of furan rings is 1. The number of rotatable bonds is 8. The van der Waals surface area contributed by atoms with Gasteiger partial charge in [0.15, 0.2) is 10.6 Å². The molecule has 5 rings (SSSR count). The minimum atomic E-state index is -0.757. The summed E-state index contributed by atoms with van der Waals surface area (Å²) < 4.78 is 18.2. The van der Waals surface area contributed by atoms with Crippen molar-refractivity contribution in [3.05, 3.63) is 112 Å². The van der Waals surface area contributed by atoms with Crippen LogP contribution in [0.3, 0.4) is 0 Å². The Labute approximate surface area is 254 Å². The summed E-state index contributed by atoms with van der Waals surface area (Å²) in [6.45, 7) is 5.40. The number of nitrogens with one attached hydrogen (secondary N) is 1. The van der Waals surface area contributed by atoms with E-state index in [9.17, 15) is 14.4 Å². The molecule has 1 atom stereocenters. The molecule has 42 heavy (non-hydrogen) atoms. The van der Waals surface area contributed by atoms with Crippen LogP contribution < -0.4 is 20.2 Å². The molecule has 0 amide bonds. The van der Waals surface area contributed by atoms with Gasteiger partial charge in [0.05, 0.1) is 35.1 Å². The van der Waals surface area contributed by atoms with E-state index in [0.29, 0.717) is 21.2 Å². The minimum absolute atomic E-state index is 0.0184. The Balaban J connectivity index is 1.66. The summed E-state index contributed by atoms with van der Waals surface area (Å²) in [5.74, 6) is -1.13. The number of esters is 2. The number of benzene rings is 2. The number of anilines is 2. The molecule has 0 saturated carbocycles. The Bertz CT molecular complexity index is 1870. The zero-order chi connectivity index (χ0) is 30.0. The van der Waals surface area contributed by atoms with E-state index in [1.54, 1.807) is 45.0 Å². The van der Waals surface area contributed by atoms with E-state index >= 15 is 0 Å². The average molecular weight is 627 g/mol. The van der Waals surface area contributed by atoms with Gasteiger partial charge in [0.1, 0.15) is 10.6 Å². The molecular formula is C30H25Cl2N3O6S. The first-order chi connectivity index (χ1) is 20.2. The van der Waals surface area contributed by atoms with Crippen LogP contribution in [-0.2, 0) is 14.3 Å². The quantitative estimate of drug-likeness (QED) is 0.253. The molecule has 12 heteroatoms.